The molecule has 0 bridgehead atoms. The van der Waals surface area contributed by atoms with Gasteiger partial charge in [-0.2, -0.15) is 0 Å². The molecule has 0 unspecified atom stereocenters. The van der Waals surface area contributed by atoms with Gasteiger partial charge in [0.15, 0.2) is 0 Å². The van der Waals surface area contributed by atoms with Crippen molar-refractivity contribution in [2.75, 3.05) is 20.1 Å². The van der Waals surface area contributed by atoms with Gasteiger partial charge in [-0.1, -0.05) is 29.8 Å². The Labute approximate surface area is 130 Å². The predicted molar refractivity (Wildman–Crippen MR) is 90.0 cm³/mol. The number of hydrogen-bond acceptors (Lipinski definition) is 1. The Morgan fingerprint density at radius 1 is 0.905 bits per heavy atom. The number of nitrogens with one attached hydrogen (secondary N) is 1. The first-order valence-corrected chi connectivity index (χ1v) is 8.89. The summed E-state index contributed by atoms with van der Waals surface area (Å²) in [5.74, 6) is 0. The van der Waals surface area contributed by atoms with Gasteiger partial charge >= 0.3 is 0 Å². The van der Waals surface area contributed by atoms with Gasteiger partial charge < -0.3 is 4.90 Å². The van der Waals surface area contributed by atoms with Crippen LogP contribution in [-0.4, -0.2) is 20.1 Å². The third-order valence-electron chi connectivity index (χ3n) is 4.98. The monoisotopic (exact) mass is 296 g/mol. The SMILES string of the molecule is C[NH+]1CCC(=C2c3ccccc3CCc3sccc32)CC1. The average molecular weight is 296 g/mol. The van der Waals surface area contributed by atoms with Crippen molar-refractivity contribution >= 4 is 16.9 Å². The summed E-state index contributed by atoms with van der Waals surface area (Å²) in [6.07, 6.45) is 4.90. The van der Waals surface area contributed by atoms with Gasteiger partial charge in [0.05, 0.1) is 20.1 Å². The van der Waals surface area contributed by atoms with Crippen molar-refractivity contribution in [2.45, 2.75) is 25.7 Å². The molecule has 2 aromatic rings. The van der Waals surface area contributed by atoms with Gasteiger partial charge in [-0.25, -0.2) is 0 Å². The highest BCUT2D eigenvalue weighted by Crippen LogP contribution is 2.39. The second-order valence-electron chi connectivity index (χ2n) is 6.35. The van der Waals surface area contributed by atoms with Crippen LogP contribution in [0.4, 0.5) is 0 Å². The highest BCUT2D eigenvalue weighted by atomic mass is 32.1. The third kappa shape index (κ3) is 2.37. The highest BCUT2D eigenvalue weighted by molar-refractivity contribution is 7.10. The van der Waals surface area contributed by atoms with E-state index in [4.69, 9.17) is 0 Å². The molecule has 4 rings (SSSR count). The van der Waals surface area contributed by atoms with Crippen molar-refractivity contribution in [2.24, 2.45) is 0 Å². The quantitative estimate of drug-likeness (QED) is 0.762. The molecule has 1 fully saturated rings. The zero-order chi connectivity index (χ0) is 14.2. The molecule has 2 aliphatic rings. The lowest BCUT2D eigenvalue weighted by Gasteiger charge is -2.25. The fourth-order valence-corrected chi connectivity index (χ4v) is 4.63. The van der Waals surface area contributed by atoms with Crippen molar-refractivity contribution in [3.63, 3.8) is 0 Å². The van der Waals surface area contributed by atoms with Gasteiger partial charge in [0.1, 0.15) is 0 Å². The number of quaternary nitrogens is 1. The molecule has 1 saturated heterocycles. The molecule has 0 saturated carbocycles. The van der Waals surface area contributed by atoms with Crippen molar-refractivity contribution in [3.05, 3.63) is 62.9 Å². The zero-order valence-corrected chi connectivity index (χ0v) is 13.4. The molecule has 0 atom stereocenters. The van der Waals surface area contributed by atoms with E-state index >= 15 is 0 Å². The number of aryl methyl sites for hydroxylation is 2. The minimum absolute atomic E-state index is 1.19. The summed E-state index contributed by atoms with van der Waals surface area (Å²) in [5, 5.41) is 2.28. The molecule has 2 heteroatoms. The van der Waals surface area contributed by atoms with E-state index in [0.29, 0.717) is 0 Å². The van der Waals surface area contributed by atoms with Crippen LogP contribution in [0.2, 0.25) is 0 Å². The standard InChI is InChI=1S/C19H21NS/c1-20-11-8-15(9-12-20)19-16-5-3-2-4-14(16)6-7-18-17(19)10-13-21-18/h2-5,10,13H,6-9,11-12H2,1H3/p+1. The Bertz CT molecular complexity index is 685. The van der Waals surface area contributed by atoms with E-state index in [9.17, 15) is 0 Å². The predicted octanol–water partition coefficient (Wildman–Crippen LogP) is 2.96. The first kappa shape index (κ1) is 13.3. The lowest BCUT2D eigenvalue weighted by molar-refractivity contribution is -0.882. The van der Waals surface area contributed by atoms with E-state index in [1.165, 1.54) is 55.5 Å². The van der Waals surface area contributed by atoms with Crippen LogP contribution in [0.3, 0.4) is 0 Å². The number of benzene rings is 1. The van der Waals surface area contributed by atoms with E-state index < -0.39 is 0 Å². The zero-order valence-electron chi connectivity index (χ0n) is 12.6. The number of fused-ring (bicyclic) bond motifs is 2. The molecule has 0 spiro atoms. The first-order valence-electron chi connectivity index (χ1n) is 8.01. The molecule has 0 radical (unpaired) electrons. The van der Waals surface area contributed by atoms with Crippen molar-refractivity contribution in [1.29, 1.82) is 0 Å². The molecule has 1 aromatic carbocycles. The van der Waals surface area contributed by atoms with Crippen LogP contribution in [0.1, 0.15) is 34.4 Å². The average Bonchev–Trinajstić information content (AvgIpc) is 2.91. The van der Waals surface area contributed by atoms with Crippen LogP contribution in [0.25, 0.3) is 5.57 Å². The van der Waals surface area contributed by atoms with Crippen LogP contribution in [-0.2, 0) is 12.8 Å². The smallest absolute Gasteiger partial charge is 0.0807 e. The third-order valence-corrected chi connectivity index (χ3v) is 5.96. The number of hydrogen-bond donors (Lipinski definition) is 1. The first-order chi connectivity index (χ1) is 10.3. The van der Waals surface area contributed by atoms with Crippen LogP contribution in [0.5, 0.6) is 0 Å². The van der Waals surface area contributed by atoms with Crippen molar-refractivity contribution in [3.8, 4) is 0 Å². The van der Waals surface area contributed by atoms with E-state index in [1.54, 1.807) is 20.9 Å². The van der Waals surface area contributed by atoms with Crippen LogP contribution >= 0.6 is 11.3 Å². The van der Waals surface area contributed by atoms with Gasteiger partial charge in [-0.05, 0) is 46.6 Å². The van der Waals surface area contributed by atoms with E-state index in [1.807, 2.05) is 11.3 Å². The topological polar surface area (TPSA) is 4.44 Å². The summed E-state index contributed by atoms with van der Waals surface area (Å²) < 4.78 is 0. The normalized spacial score (nSPS) is 21.7. The van der Waals surface area contributed by atoms with E-state index in [0.717, 1.165) is 0 Å². The number of likely N-dealkylation sites (tertiary alicyclic amines) is 1. The molecular formula is C19H22NS+. The minimum Gasteiger partial charge on any atom is -0.337 e. The van der Waals surface area contributed by atoms with Crippen LogP contribution < -0.4 is 4.90 Å². The molecule has 1 nitrogen and oxygen atoms in total. The molecule has 1 aliphatic heterocycles. The Balaban J connectivity index is 1.91. The van der Waals surface area contributed by atoms with Gasteiger partial charge in [-0.3, -0.25) is 0 Å². The molecule has 1 aromatic heterocycles. The molecule has 21 heavy (non-hydrogen) atoms. The fraction of sp³-hybridized carbons (Fsp3) is 0.368. The molecule has 1 aliphatic carbocycles. The maximum absolute atomic E-state index is 2.36. The van der Waals surface area contributed by atoms with Crippen molar-refractivity contribution < 1.29 is 4.90 Å². The number of rotatable bonds is 0. The molecule has 1 N–H and O–H groups in total. The summed E-state index contributed by atoms with van der Waals surface area (Å²) in [7, 11) is 2.32. The maximum Gasteiger partial charge on any atom is 0.0807 e. The Hall–Kier alpha value is -1.38. The van der Waals surface area contributed by atoms with Gasteiger partial charge in [0.2, 0.25) is 0 Å². The van der Waals surface area contributed by atoms with Crippen LogP contribution in [0, 0.1) is 0 Å². The van der Waals surface area contributed by atoms with E-state index in [2.05, 4.69) is 42.8 Å². The Morgan fingerprint density at radius 2 is 1.71 bits per heavy atom. The summed E-state index contributed by atoms with van der Waals surface area (Å²) in [6, 6.07) is 11.4. The maximum atomic E-state index is 2.36. The van der Waals surface area contributed by atoms with Gasteiger partial charge in [0, 0.05) is 17.7 Å². The summed E-state index contributed by atoms with van der Waals surface area (Å²) in [4.78, 5) is 3.26. The molecule has 2 heterocycles. The second-order valence-corrected chi connectivity index (χ2v) is 7.35. The lowest BCUT2D eigenvalue weighted by Crippen LogP contribution is -3.09. The van der Waals surface area contributed by atoms with E-state index in [-0.39, 0.29) is 0 Å². The molecular weight excluding hydrogens is 274 g/mol. The Morgan fingerprint density at radius 3 is 2.57 bits per heavy atom. The summed E-state index contributed by atoms with van der Waals surface area (Å²) in [5.41, 5.74) is 7.83. The molecule has 108 valence electrons. The molecule has 0 amide bonds. The van der Waals surface area contributed by atoms with Crippen molar-refractivity contribution in [1.82, 2.24) is 0 Å². The highest BCUT2D eigenvalue weighted by Gasteiger charge is 2.24. The number of piperidine rings is 1. The fourth-order valence-electron chi connectivity index (χ4n) is 3.74. The second kappa shape index (κ2) is 5.43. The summed E-state index contributed by atoms with van der Waals surface area (Å²) in [6.45, 7) is 2.56. The minimum atomic E-state index is 1.19. The Kier molecular flexibility index (Phi) is 3.44. The largest absolute Gasteiger partial charge is 0.337 e. The van der Waals surface area contributed by atoms with Crippen LogP contribution in [0.15, 0.2) is 41.3 Å². The number of thiophene rings is 1. The summed E-state index contributed by atoms with van der Waals surface area (Å²) >= 11 is 1.94. The lowest BCUT2D eigenvalue weighted by atomic mass is 9.88. The van der Waals surface area contributed by atoms with Gasteiger partial charge in [0.25, 0.3) is 0 Å². The van der Waals surface area contributed by atoms with Gasteiger partial charge in [-0.15, -0.1) is 11.3 Å².